The molecule has 2 heteroatoms. The van der Waals surface area contributed by atoms with Gasteiger partial charge in [-0.2, -0.15) is 0 Å². The van der Waals surface area contributed by atoms with Crippen LogP contribution in [0.4, 0.5) is 0 Å². The molecule has 9 heavy (non-hydrogen) atoms. The smallest absolute Gasteiger partial charge is 0.0432 e. The predicted octanol–water partition coefficient (Wildman–Crippen LogP) is 1.78. The minimum absolute atomic E-state index is 0.232. The molecule has 54 valence electrons. The molecule has 0 rings (SSSR count). The summed E-state index contributed by atoms with van der Waals surface area (Å²) in [7, 11) is 0. The molecule has 0 aliphatic heterocycles. The lowest BCUT2D eigenvalue weighted by Crippen LogP contribution is -2.20. The fourth-order valence-electron chi connectivity index (χ4n) is 0.483. The van der Waals surface area contributed by atoms with Gasteiger partial charge in [0.1, 0.15) is 0 Å². The zero-order valence-corrected chi connectivity index (χ0v) is 6.78. The lowest BCUT2D eigenvalue weighted by atomic mass is 10.4. The summed E-state index contributed by atoms with van der Waals surface area (Å²) < 4.78 is 0. The molecule has 0 heterocycles. The molecule has 0 aliphatic carbocycles. The van der Waals surface area contributed by atoms with Gasteiger partial charge in [-0.3, -0.25) is 0 Å². The largest absolute Gasteiger partial charge is 0.312 e. The lowest BCUT2D eigenvalue weighted by Gasteiger charge is -2.01. The quantitative estimate of drug-likeness (QED) is 0.363. The van der Waals surface area contributed by atoms with Crippen LogP contribution in [-0.4, -0.2) is 18.5 Å². The zero-order valence-electron chi connectivity index (χ0n) is 6.02. The third-order valence-corrected chi connectivity index (χ3v) is 1.08. The van der Waals surface area contributed by atoms with Crippen LogP contribution < -0.4 is 5.32 Å². The van der Waals surface area contributed by atoms with E-state index in [0.29, 0.717) is 0 Å². The SMILES string of the molecule is C/C=C/CNCC(C)Cl. The van der Waals surface area contributed by atoms with Crippen molar-refractivity contribution in [2.24, 2.45) is 0 Å². The van der Waals surface area contributed by atoms with E-state index in [1.165, 1.54) is 0 Å². The minimum Gasteiger partial charge on any atom is -0.312 e. The van der Waals surface area contributed by atoms with Crippen molar-refractivity contribution in [3.63, 3.8) is 0 Å². The van der Waals surface area contributed by atoms with E-state index in [1.54, 1.807) is 0 Å². The molecule has 0 saturated heterocycles. The van der Waals surface area contributed by atoms with Gasteiger partial charge in [-0.1, -0.05) is 12.2 Å². The van der Waals surface area contributed by atoms with E-state index in [2.05, 4.69) is 11.4 Å². The Labute approximate surface area is 62.1 Å². The third kappa shape index (κ3) is 7.99. The van der Waals surface area contributed by atoms with Gasteiger partial charge in [-0.15, -0.1) is 11.6 Å². The number of halogens is 1. The monoisotopic (exact) mass is 147 g/mol. The minimum atomic E-state index is 0.232. The van der Waals surface area contributed by atoms with Gasteiger partial charge >= 0.3 is 0 Å². The summed E-state index contributed by atoms with van der Waals surface area (Å²) in [6, 6.07) is 0. The first-order valence-electron chi connectivity index (χ1n) is 3.23. The van der Waals surface area contributed by atoms with Crippen molar-refractivity contribution in [2.45, 2.75) is 19.2 Å². The summed E-state index contributed by atoms with van der Waals surface area (Å²) in [5.74, 6) is 0. The standard InChI is InChI=1S/C7H14ClN/c1-3-4-5-9-6-7(2)8/h3-4,7,9H,5-6H2,1-2H3/b4-3+. The van der Waals surface area contributed by atoms with Crippen LogP contribution in [0.3, 0.4) is 0 Å². The van der Waals surface area contributed by atoms with E-state index in [9.17, 15) is 0 Å². The fourth-order valence-corrected chi connectivity index (χ4v) is 0.593. The van der Waals surface area contributed by atoms with Gasteiger partial charge in [0.15, 0.2) is 0 Å². The molecule has 1 unspecified atom stereocenters. The Kier molecular flexibility index (Phi) is 6.11. The molecule has 0 spiro atoms. The third-order valence-electron chi connectivity index (χ3n) is 0.924. The average Bonchev–Trinajstić information content (AvgIpc) is 1.80. The predicted molar refractivity (Wildman–Crippen MR) is 43.0 cm³/mol. The molecule has 1 N–H and O–H groups in total. The molecule has 0 saturated carbocycles. The Bertz CT molecular complexity index is 79.0. The first kappa shape index (κ1) is 8.99. The van der Waals surface area contributed by atoms with Crippen molar-refractivity contribution in [1.29, 1.82) is 0 Å². The summed E-state index contributed by atoms with van der Waals surface area (Å²) in [6.07, 6.45) is 4.09. The highest BCUT2D eigenvalue weighted by atomic mass is 35.5. The molecule has 0 aromatic heterocycles. The van der Waals surface area contributed by atoms with E-state index in [4.69, 9.17) is 11.6 Å². The van der Waals surface area contributed by atoms with Crippen molar-refractivity contribution < 1.29 is 0 Å². The van der Waals surface area contributed by atoms with Crippen LogP contribution in [0.2, 0.25) is 0 Å². The van der Waals surface area contributed by atoms with E-state index in [1.807, 2.05) is 19.9 Å². The van der Waals surface area contributed by atoms with Crippen LogP contribution in [0.25, 0.3) is 0 Å². The average molecular weight is 148 g/mol. The molecule has 0 aliphatic rings. The maximum atomic E-state index is 5.67. The number of hydrogen-bond donors (Lipinski definition) is 1. The molecule has 0 radical (unpaired) electrons. The Hall–Kier alpha value is -0.0100. The molecular weight excluding hydrogens is 134 g/mol. The normalized spacial score (nSPS) is 14.6. The molecule has 0 aromatic rings. The Balaban J connectivity index is 2.91. The molecule has 1 nitrogen and oxygen atoms in total. The van der Waals surface area contributed by atoms with Crippen LogP contribution >= 0.6 is 11.6 Å². The van der Waals surface area contributed by atoms with Crippen molar-refractivity contribution >= 4 is 11.6 Å². The van der Waals surface area contributed by atoms with E-state index >= 15 is 0 Å². The number of rotatable bonds is 4. The molecular formula is C7H14ClN. The zero-order chi connectivity index (χ0) is 7.11. The first-order chi connectivity index (χ1) is 4.27. The highest BCUT2D eigenvalue weighted by Crippen LogP contribution is 1.88. The molecule has 0 aromatic carbocycles. The van der Waals surface area contributed by atoms with Crippen molar-refractivity contribution in [3.05, 3.63) is 12.2 Å². The Morgan fingerprint density at radius 3 is 2.78 bits per heavy atom. The number of nitrogens with one attached hydrogen (secondary N) is 1. The summed E-state index contributed by atoms with van der Waals surface area (Å²) in [4.78, 5) is 0. The van der Waals surface area contributed by atoms with Crippen LogP contribution in [-0.2, 0) is 0 Å². The maximum absolute atomic E-state index is 5.67. The van der Waals surface area contributed by atoms with Crippen LogP contribution in [0, 0.1) is 0 Å². The van der Waals surface area contributed by atoms with Gasteiger partial charge in [0.05, 0.1) is 0 Å². The molecule has 0 bridgehead atoms. The molecule has 1 atom stereocenters. The second-order valence-corrected chi connectivity index (χ2v) is 2.75. The fraction of sp³-hybridized carbons (Fsp3) is 0.714. The first-order valence-corrected chi connectivity index (χ1v) is 3.67. The van der Waals surface area contributed by atoms with Gasteiger partial charge in [-0.05, 0) is 13.8 Å². The Morgan fingerprint density at radius 2 is 2.33 bits per heavy atom. The second-order valence-electron chi connectivity index (χ2n) is 2.01. The van der Waals surface area contributed by atoms with E-state index in [0.717, 1.165) is 13.1 Å². The van der Waals surface area contributed by atoms with E-state index in [-0.39, 0.29) is 5.38 Å². The van der Waals surface area contributed by atoms with Gasteiger partial charge in [-0.25, -0.2) is 0 Å². The van der Waals surface area contributed by atoms with Gasteiger partial charge < -0.3 is 5.32 Å². The van der Waals surface area contributed by atoms with Crippen LogP contribution in [0.5, 0.6) is 0 Å². The number of allylic oxidation sites excluding steroid dienone is 1. The molecule has 0 amide bonds. The van der Waals surface area contributed by atoms with Crippen LogP contribution in [0.1, 0.15) is 13.8 Å². The Morgan fingerprint density at radius 1 is 1.67 bits per heavy atom. The topological polar surface area (TPSA) is 12.0 Å². The number of hydrogen-bond acceptors (Lipinski definition) is 1. The summed E-state index contributed by atoms with van der Waals surface area (Å²) in [5.41, 5.74) is 0. The highest BCUT2D eigenvalue weighted by Gasteiger charge is 1.90. The van der Waals surface area contributed by atoms with Gasteiger partial charge in [0, 0.05) is 18.5 Å². The lowest BCUT2D eigenvalue weighted by molar-refractivity contribution is 0.734. The van der Waals surface area contributed by atoms with E-state index < -0.39 is 0 Å². The van der Waals surface area contributed by atoms with Crippen LogP contribution in [0.15, 0.2) is 12.2 Å². The summed E-state index contributed by atoms with van der Waals surface area (Å²) in [5, 5.41) is 3.40. The van der Waals surface area contributed by atoms with Crippen molar-refractivity contribution in [3.8, 4) is 0 Å². The van der Waals surface area contributed by atoms with Crippen molar-refractivity contribution in [2.75, 3.05) is 13.1 Å². The van der Waals surface area contributed by atoms with Gasteiger partial charge in [0.2, 0.25) is 0 Å². The maximum Gasteiger partial charge on any atom is 0.0432 e. The number of alkyl halides is 1. The van der Waals surface area contributed by atoms with Gasteiger partial charge in [0.25, 0.3) is 0 Å². The second kappa shape index (κ2) is 6.12. The highest BCUT2D eigenvalue weighted by molar-refractivity contribution is 6.20. The molecule has 0 fully saturated rings. The summed E-state index contributed by atoms with van der Waals surface area (Å²) >= 11 is 5.67. The van der Waals surface area contributed by atoms with Crippen molar-refractivity contribution in [1.82, 2.24) is 5.32 Å². The summed E-state index contributed by atoms with van der Waals surface area (Å²) in [6.45, 7) is 5.79.